The van der Waals surface area contributed by atoms with Crippen molar-refractivity contribution in [2.24, 2.45) is 17.8 Å². The van der Waals surface area contributed by atoms with Crippen LogP contribution in [0.1, 0.15) is 56.2 Å². The molecule has 1 spiro atoms. The quantitative estimate of drug-likeness (QED) is 0.433. The molecule has 6 nitrogen and oxygen atoms in total. The third kappa shape index (κ3) is 4.47. The van der Waals surface area contributed by atoms with Crippen LogP contribution in [0.4, 0.5) is 0 Å². The van der Waals surface area contributed by atoms with E-state index >= 15 is 0 Å². The number of piperidine rings is 1. The Labute approximate surface area is 252 Å². The molecule has 1 N–H and O–H groups in total. The minimum Gasteiger partial charge on any atom is -0.493 e. The van der Waals surface area contributed by atoms with Crippen LogP contribution in [0.15, 0.2) is 30.3 Å². The van der Waals surface area contributed by atoms with Crippen LogP contribution in [-0.2, 0) is 23.1 Å². The Morgan fingerprint density at radius 1 is 1.22 bits per heavy atom. The maximum absolute atomic E-state index is 14.1. The van der Waals surface area contributed by atoms with Crippen molar-refractivity contribution in [1.29, 1.82) is 0 Å². The Bertz CT molecular complexity index is 1370. The largest absolute Gasteiger partial charge is 0.493 e. The van der Waals surface area contributed by atoms with Gasteiger partial charge in [-0.3, -0.25) is 9.69 Å². The molecule has 2 aromatic rings. The number of methoxy groups -OCH3 is 1. The van der Waals surface area contributed by atoms with Crippen LogP contribution in [0, 0.1) is 17.8 Å². The smallest absolute Gasteiger partial charge is 0.227 e. The number of carbonyl (C=O) groups excluding carboxylic acids is 1. The summed E-state index contributed by atoms with van der Waals surface area (Å²) in [6, 6.07) is 10.2. The third-order valence-corrected chi connectivity index (χ3v) is 11.3. The van der Waals surface area contributed by atoms with E-state index in [4.69, 9.17) is 32.7 Å². The fourth-order valence-electron chi connectivity index (χ4n) is 8.76. The van der Waals surface area contributed by atoms with E-state index in [9.17, 15) is 9.90 Å². The number of likely N-dealkylation sites (tertiary alicyclic amines) is 1. The summed E-state index contributed by atoms with van der Waals surface area (Å²) in [6.07, 6.45) is 4.95. The van der Waals surface area contributed by atoms with Crippen molar-refractivity contribution in [3.05, 3.63) is 57.1 Å². The van der Waals surface area contributed by atoms with Crippen LogP contribution in [-0.4, -0.2) is 71.8 Å². The molecule has 41 heavy (non-hydrogen) atoms. The fourth-order valence-corrected chi connectivity index (χ4v) is 9.09. The van der Waals surface area contributed by atoms with Gasteiger partial charge in [-0.1, -0.05) is 49.2 Å². The van der Waals surface area contributed by atoms with E-state index in [1.165, 1.54) is 11.1 Å². The molecule has 3 aliphatic carbocycles. The molecular weight excluding hydrogens is 559 g/mol. The second kappa shape index (κ2) is 10.3. The third-order valence-electron chi connectivity index (χ3n) is 10.6. The second-order valence-corrected chi connectivity index (χ2v) is 14.2. The highest BCUT2D eigenvalue weighted by atomic mass is 35.5. The number of aliphatic hydroxyl groups is 1. The van der Waals surface area contributed by atoms with Crippen molar-refractivity contribution in [3.8, 4) is 11.5 Å². The first-order chi connectivity index (χ1) is 19.7. The molecule has 2 aromatic carbocycles. The zero-order valence-corrected chi connectivity index (χ0v) is 25.6. The highest BCUT2D eigenvalue weighted by Crippen LogP contribution is 2.64. The van der Waals surface area contributed by atoms with E-state index in [2.05, 4.69) is 35.8 Å². The summed E-state index contributed by atoms with van der Waals surface area (Å²) in [7, 11) is 1.72. The van der Waals surface area contributed by atoms with E-state index in [0.717, 1.165) is 62.3 Å². The predicted octanol–water partition coefficient (Wildman–Crippen LogP) is 5.52. The Hall–Kier alpha value is -1.99. The lowest BCUT2D eigenvalue weighted by Gasteiger charge is -2.60. The molecule has 1 saturated heterocycles. The van der Waals surface area contributed by atoms with Gasteiger partial charge in [-0.15, -0.1) is 0 Å². The number of hydrogen-bond donors (Lipinski definition) is 1. The van der Waals surface area contributed by atoms with E-state index in [0.29, 0.717) is 40.4 Å². The highest BCUT2D eigenvalue weighted by Gasteiger charge is 2.67. The van der Waals surface area contributed by atoms with Gasteiger partial charge in [-0.05, 0) is 79.8 Å². The standard InChI is InChI=1S/C33H40Cl2N2O4/c1-18(2)16-37(29(39)13-19-4-7-23(34)24(35)12-19)25-8-6-22-26-14-20-5-9-28(40-3)31-30(20)33(22,32(25)41-31)10-11-36(26)17-21-15-27(21)38/h4-5,7,9,12,18,21-22,25-27,32,38H,6,8,10-11,13-17H2,1-3H3/t21?,22-,25+,26+,27?,32-,33-/m0/s1. The van der Waals surface area contributed by atoms with Crippen LogP contribution >= 0.6 is 23.2 Å². The topological polar surface area (TPSA) is 62.2 Å². The molecule has 3 fully saturated rings. The zero-order chi connectivity index (χ0) is 28.6. The van der Waals surface area contributed by atoms with Gasteiger partial charge in [0.25, 0.3) is 0 Å². The molecule has 7 atom stereocenters. The zero-order valence-electron chi connectivity index (χ0n) is 24.1. The predicted molar refractivity (Wildman–Crippen MR) is 160 cm³/mol. The van der Waals surface area contributed by atoms with Gasteiger partial charge in [0.05, 0.1) is 35.7 Å². The summed E-state index contributed by atoms with van der Waals surface area (Å²) in [5.41, 5.74) is 3.45. The number of carbonyl (C=O) groups is 1. The Morgan fingerprint density at radius 2 is 2.02 bits per heavy atom. The Kier molecular flexibility index (Phi) is 7.01. The normalized spacial score (nSPS) is 32.9. The van der Waals surface area contributed by atoms with E-state index in [1.54, 1.807) is 13.2 Å². The monoisotopic (exact) mass is 598 g/mol. The second-order valence-electron chi connectivity index (χ2n) is 13.4. The average molecular weight is 600 g/mol. The molecule has 0 aromatic heterocycles. The van der Waals surface area contributed by atoms with Crippen LogP contribution < -0.4 is 9.47 Å². The first kappa shape index (κ1) is 27.8. The number of halogens is 2. The number of rotatable bonds is 8. The van der Waals surface area contributed by atoms with Crippen molar-refractivity contribution in [1.82, 2.24) is 9.80 Å². The van der Waals surface area contributed by atoms with Gasteiger partial charge < -0.3 is 19.5 Å². The minimum atomic E-state index is -0.137. The SMILES string of the molecule is COc1ccc2c3c1O[C@H]1[C@H](N(CC(C)C)C(=O)Cc4ccc(Cl)c(Cl)c4)CC[C@H]4[C@@H](C2)N(CC2CC2O)CC[C@@]341. The molecule has 7 rings (SSSR count). The number of amides is 1. The van der Waals surface area contributed by atoms with Gasteiger partial charge >= 0.3 is 0 Å². The molecule has 2 unspecified atom stereocenters. The van der Waals surface area contributed by atoms with Crippen molar-refractivity contribution in [2.75, 3.05) is 26.7 Å². The Balaban J connectivity index is 1.26. The lowest BCUT2D eigenvalue weighted by Crippen LogP contribution is -2.69. The van der Waals surface area contributed by atoms with Crippen molar-refractivity contribution in [2.45, 2.75) is 82.1 Å². The summed E-state index contributed by atoms with van der Waals surface area (Å²) < 4.78 is 12.9. The molecule has 2 aliphatic heterocycles. The summed E-state index contributed by atoms with van der Waals surface area (Å²) in [4.78, 5) is 18.9. The lowest BCUT2D eigenvalue weighted by molar-refractivity contribution is -0.143. The number of benzene rings is 2. The van der Waals surface area contributed by atoms with Crippen molar-refractivity contribution >= 4 is 29.1 Å². The van der Waals surface area contributed by atoms with Crippen LogP contribution in [0.25, 0.3) is 0 Å². The Morgan fingerprint density at radius 3 is 2.73 bits per heavy atom. The van der Waals surface area contributed by atoms with Gasteiger partial charge in [-0.25, -0.2) is 0 Å². The van der Waals surface area contributed by atoms with Crippen molar-refractivity contribution < 1.29 is 19.4 Å². The summed E-state index contributed by atoms with van der Waals surface area (Å²) >= 11 is 12.5. The van der Waals surface area contributed by atoms with Crippen molar-refractivity contribution in [3.63, 3.8) is 0 Å². The van der Waals surface area contributed by atoms with Crippen LogP contribution in [0.5, 0.6) is 11.5 Å². The molecule has 220 valence electrons. The molecular formula is C33H40Cl2N2O4. The first-order valence-electron chi connectivity index (χ1n) is 15.2. The molecule has 1 amide bonds. The van der Waals surface area contributed by atoms with Gasteiger partial charge in [-0.2, -0.15) is 0 Å². The summed E-state index contributed by atoms with van der Waals surface area (Å²) in [5.74, 6) is 2.99. The summed E-state index contributed by atoms with van der Waals surface area (Å²) in [5, 5.41) is 11.1. The summed E-state index contributed by atoms with van der Waals surface area (Å²) in [6.45, 7) is 7.01. The fraction of sp³-hybridized carbons (Fsp3) is 0.606. The lowest BCUT2D eigenvalue weighted by atomic mass is 9.51. The number of aliphatic hydroxyl groups excluding tert-OH is 1. The molecule has 2 bridgehead atoms. The van der Waals surface area contributed by atoms with Gasteiger partial charge in [0, 0.05) is 36.0 Å². The van der Waals surface area contributed by atoms with E-state index in [-0.39, 0.29) is 36.0 Å². The van der Waals surface area contributed by atoms with E-state index < -0.39 is 0 Å². The molecule has 0 radical (unpaired) electrons. The molecule has 5 aliphatic rings. The number of nitrogens with zero attached hydrogens (tertiary/aromatic N) is 2. The molecule has 2 heterocycles. The highest BCUT2D eigenvalue weighted by molar-refractivity contribution is 6.42. The first-order valence-corrected chi connectivity index (χ1v) is 16.0. The van der Waals surface area contributed by atoms with Crippen LogP contribution in [0.2, 0.25) is 10.0 Å². The maximum atomic E-state index is 14.1. The number of hydrogen-bond acceptors (Lipinski definition) is 5. The van der Waals surface area contributed by atoms with Gasteiger partial charge in [0.2, 0.25) is 5.91 Å². The van der Waals surface area contributed by atoms with E-state index in [1.807, 2.05) is 12.1 Å². The van der Waals surface area contributed by atoms with Gasteiger partial charge in [0.1, 0.15) is 6.10 Å². The maximum Gasteiger partial charge on any atom is 0.227 e. The number of ether oxygens (including phenoxy) is 2. The molecule has 2 saturated carbocycles. The molecule has 8 heteroatoms. The average Bonchev–Trinajstić information content (AvgIpc) is 3.52. The van der Waals surface area contributed by atoms with Crippen LogP contribution in [0.3, 0.4) is 0 Å². The minimum absolute atomic E-state index is 0.0237. The van der Waals surface area contributed by atoms with Gasteiger partial charge in [0.15, 0.2) is 11.5 Å².